The van der Waals surface area contributed by atoms with Gasteiger partial charge in [-0.15, -0.1) is 0 Å². The molecule has 0 amide bonds. The molecular formula is C17H17FO3. The van der Waals surface area contributed by atoms with Gasteiger partial charge in [-0.1, -0.05) is 24.3 Å². The van der Waals surface area contributed by atoms with E-state index in [9.17, 15) is 9.18 Å². The average Bonchev–Trinajstić information content (AvgIpc) is 2.47. The number of esters is 1. The van der Waals surface area contributed by atoms with Crippen LogP contribution in [0.5, 0.6) is 5.75 Å². The van der Waals surface area contributed by atoms with Gasteiger partial charge in [-0.3, -0.25) is 4.79 Å². The van der Waals surface area contributed by atoms with Gasteiger partial charge in [-0.05, 0) is 42.3 Å². The molecule has 0 fully saturated rings. The fourth-order valence-electron chi connectivity index (χ4n) is 2.05. The van der Waals surface area contributed by atoms with E-state index in [0.29, 0.717) is 11.3 Å². The third-order valence-electron chi connectivity index (χ3n) is 3.14. The van der Waals surface area contributed by atoms with Crippen LogP contribution in [0, 0.1) is 12.7 Å². The number of rotatable bonds is 5. The van der Waals surface area contributed by atoms with Gasteiger partial charge >= 0.3 is 5.97 Å². The van der Waals surface area contributed by atoms with Crippen molar-refractivity contribution < 1.29 is 18.7 Å². The molecular weight excluding hydrogens is 271 g/mol. The van der Waals surface area contributed by atoms with Crippen molar-refractivity contribution in [2.24, 2.45) is 0 Å². The number of hydrogen-bond donors (Lipinski definition) is 0. The summed E-state index contributed by atoms with van der Waals surface area (Å²) in [6.07, 6.45) is 0. The van der Waals surface area contributed by atoms with Gasteiger partial charge in [-0.2, -0.15) is 0 Å². The summed E-state index contributed by atoms with van der Waals surface area (Å²) in [6, 6.07) is 13.4. The number of aryl methyl sites for hydroxylation is 1. The normalized spacial score (nSPS) is 11.8. The fraction of sp³-hybridized carbons (Fsp3) is 0.235. The Morgan fingerprint density at radius 2 is 1.95 bits per heavy atom. The molecule has 3 nitrogen and oxygen atoms in total. The van der Waals surface area contributed by atoms with E-state index in [2.05, 4.69) is 0 Å². The smallest absolute Gasteiger partial charge is 0.316 e. The summed E-state index contributed by atoms with van der Waals surface area (Å²) in [6.45, 7) is 2.05. The van der Waals surface area contributed by atoms with Crippen LogP contribution in [0.15, 0.2) is 48.5 Å². The van der Waals surface area contributed by atoms with Crippen LogP contribution in [0.2, 0.25) is 0 Å². The molecule has 2 rings (SSSR count). The lowest BCUT2D eigenvalue weighted by Gasteiger charge is -2.16. The number of hydrogen-bond acceptors (Lipinski definition) is 3. The van der Waals surface area contributed by atoms with Crippen molar-refractivity contribution in [3.8, 4) is 5.75 Å². The van der Waals surface area contributed by atoms with E-state index in [4.69, 9.17) is 9.47 Å². The van der Waals surface area contributed by atoms with Gasteiger partial charge in [0.05, 0.1) is 7.11 Å². The maximum atomic E-state index is 13.3. The lowest BCUT2D eigenvalue weighted by molar-refractivity contribution is -0.143. The molecule has 1 atom stereocenters. The molecule has 1 unspecified atom stereocenters. The third-order valence-corrected chi connectivity index (χ3v) is 3.14. The lowest BCUT2D eigenvalue weighted by Crippen LogP contribution is -2.21. The first-order valence-corrected chi connectivity index (χ1v) is 6.63. The minimum absolute atomic E-state index is 0.0968. The molecule has 0 aromatic heterocycles. The number of methoxy groups -OCH3 is 1. The van der Waals surface area contributed by atoms with Crippen LogP contribution in [-0.4, -0.2) is 19.7 Å². The van der Waals surface area contributed by atoms with Crippen LogP contribution in [0.3, 0.4) is 0 Å². The largest absolute Gasteiger partial charge is 0.492 e. The van der Waals surface area contributed by atoms with E-state index in [1.54, 1.807) is 12.1 Å². The average molecular weight is 288 g/mol. The topological polar surface area (TPSA) is 35.5 Å². The zero-order valence-corrected chi connectivity index (χ0v) is 12.0. The predicted molar refractivity (Wildman–Crippen MR) is 77.8 cm³/mol. The van der Waals surface area contributed by atoms with Crippen LogP contribution in [0.1, 0.15) is 17.0 Å². The monoisotopic (exact) mass is 288 g/mol. The lowest BCUT2D eigenvalue weighted by atomic mass is 10.00. The van der Waals surface area contributed by atoms with Crippen LogP contribution in [0.4, 0.5) is 4.39 Å². The maximum Gasteiger partial charge on any atom is 0.316 e. The summed E-state index contributed by atoms with van der Waals surface area (Å²) in [4.78, 5) is 11.9. The van der Waals surface area contributed by atoms with Crippen molar-refractivity contribution in [3.63, 3.8) is 0 Å². The molecule has 0 radical (unpaired) electrons. The van der Waals surface area contributed by atoms with Gasteiger partial charge < -0.3 is 9.47 Å². The quantitative estimate of drug-likeness (QED) is 0.790. The van der Waals surface area contributed by atoms with Crippen molar-refractivity contribution in [1.82, 2.24) is 0 Å². The highest BCUT2D eigenvalue weighted by Crippen LogP contribution is 2.21. The van der Waals surface area contributed by atoms with Gasteiger partial charge in [0.2, 0.25) is 0 Å². The van der Waals surface area contributed by atoms with Crippen LogP contribution < -0.4 is 4.74 Å². The van der Waals surface area contributed by atoms with Crippen molar-refractivity contribution in [1.29, 1.82) is 0 Å². The Labute approximate surface area is 123 Å². The Kier molecular flexibility index (Phi) is 4.93. The van der Waals surface area contributed by atoms with Crippen LogP contribution >= 0.6 is 0 Å². The summed E-state index contributed by atoms with van der Waals surface area (Å²) in [7, 11) is 1.31. The Morgan fingerprint density at radius 1 is 1.19 bits per heavy atom. The highest BCUT2D eigenvalue weighted by atomic mass is 19.1. The van der Waals surface area contributed by atoms with E-state index in [1.807, 2.05) is 31.2 Å². The van der Waals surface area contributed by atoms with E-state index in [-0.39, 0.29) is 6.61 Å². The van der Waals surface area contributed by atoms with Gasteiger partial charge in [0.15, 0.2) is 0 Å². The first-order valence-electron chi connectivity index (χ1n) is 6.63. The number of halogens is 1. The van der Waals surface area contributed by atoms with Crippen molar-refractivity contribution >= 4 is 5.97 Å². The maximum absolute atomic E-state index is 13.3. The Morgan fingerprint density at radius 3 is 2.62 bits per heavy atom. The molecule has 0 N–H and O–H groups in total. The zero-order chi connectivity index (χ0) is 15.2. The molecule has 0 bridgehead atoms. The minimum atomic E-state index is -0.661. The molecule has 0 saturated carbocycles. The number of carbonyl (C=O) groups excluding carboxylic acids is 1. The second-order valence-electron chi connectivity index (χ2n) is 4.76. The van der Waals surface area contributed by atoms with Gasteiger partial charge in [-0.25, -0.2) is 4.39 Å². The third kappa shape index (κ3) is 4.05. The number of carbonyl (C=O) groups is 1. The summed E-state index contributed by atoms with van der Waals surface area (Å²) in [5, 5.41) is 0. The van der Waals surface area contributed by atoms with Crippen molar-refractivity contribution in [2.45, 2.75) is 12.8 Å². The molecule has 0 saturated heterocycles. The molecule has 0 heterocycles. The molecule has 21 heavy (non-hydrogen) atoms. The van der Waals surface area contributed by atoms with E-state index in [1.165, 1.54) is 19.2 Å². The first-order chi connectivity index (χ1) is 10.1. The van der Waals surface area contributed by atoms with Gasteiger partial charge in [0.1, 0.15) is 24.1 Å². The Balaban J connectivity index is 2.16. The van der Waals surface area contributed by atoms with Crippen molar-refractivity contribution in [2.75, 3.05) is 13.7 Å². The highest BCUT2D eigenvalue weighted by molar-refractivity contribution is 5.78. The fourth-order valence-corrected chi connectivity index (χ4v) is 2.05. The second-order valence-corrected chi connectivity index (χ2v) is 4.76. The van der Waals surface area contributed by atoms with Gasteiger partial charge in [0.25, 0.3) is 0 Å². The molecule has 0 aliphatic heterocycles. The summed E-state index contributed by atoms with van der Waals surface area (Å²) in [5.41, 5.74) is 1.60. The SMILES string of the molecule is COC(=O)C(COc1cccc(C)c1)c1cccc(F)c1. The molecule has 0 aliphatic carbocycles. The summed E-state index contributed by atoms with van der Waals surface area (Å²) in [5.74, 6) is -0.836. The minimum Gasteiger partial charge on any atom is -0.492 e. The van der Waals surface area contributed by atoms with Crippen LogP contribution in [-0.2, 0) is 9.53 Å². The van der Waals surface area contributed by atoms with E-state index >= 15 is 0 Å². The number of benzene rings is 2. The predicted octanol–water partition coefficient (Wildman–Crippen LogP) is 3.47. The Hall–Kier alpha value is -2.36. The number of ether oxygens (including phenoxy) is 2. The molecule has 4 heteroatoms. The molecule has 0 aliphatic rings. The second kappa shape index (κ2) is 6.88. The van der Waals surface area contributed by atoms with Gasteiger partial charge in [0, 0.05) is 0 Å². The molecule has 2 aromatic rings. The van der Waals surface area contributed by atoms with E-state index in [0.717, 1.165) is 5.56 Å². The molecule has 0 spiro atoms. The zero-order valence-electron chi connectivity index (χ0n) is 12.0. The standard InChI is InChI=1S/C17H17FO3/c1-12-5-3-8-15(9-12)21-11-16(17(19)20-2)13-6-4-7-14(18)10-13/h3-10,16H,11H2,1-2H3. The summed E-state index contributed by atoms with van der Waals surface area (Å²) >= 11 is 0. The first kappa shape index (κ1) is 15.0. The molecule has 110 valence electrons. The Bertz CT molecular complexity index is 625. The van der Waals surface area contributed by atoms with E-state index < -0.39 is 17.7 Å². The van der Waals surface area contributed by atoms with Crippen LogP contribution in [0.25, 0.3) is 0 Å². The highest BCUT2D eigenvalue weighted by Gasteiger charge is 2.22. The molecule has 2 aromatic carbocycles. The van der Waals surface area contributed by atoms with Crippen molar-refractivity contribution in [3.05, 3.63) is 65.5 Å². The summed E-state index contributed by atoms with van der Waals surface area (Å²) < 4.78 is 23.7.